The molecule has 0 amide bonds. The van der Waals surface area contributed by atoms with Gasteiger partial charge < -0.3 is 11.1 Å². The van der Waals surface area contributed by atoms with E-state index >= 15 is 0 Å². The highest BCUT2D eigenvalue weighted by Crippen LogP contribution is 2.30. The summed E-state index contributed by atoms with van der Waals surface area (Å²) in [6.07, 6.45) is 7.63. The highest BCUT2D eigenvalue weighted by atomic mass is 79.9. The van der Waals surface area contributed by atoms with Crippen LogP contribution in [-0.2, 0) is 0 Å². The molecule has 14 heavy (non-hydrogen) atoms. The Labute approximate surface area is 92.4 Å². The van der Waals surface area contributed by atoms with E-state index in [1.54, 1.807) is 0 Å². The molecule has 1 fully saturated rings. The number of nitrogens with two attached hydrogens (primary N) is 1. The molecule has 0 bridgehead atoms. The number of rotatable bonds is 1. The summed E-state index contributed by atoms with van der Waals surface area (Å²) in [7, 11) is 0. The monoisotopic (exact) mass is 258 g/mol. The summed E-state index contributed by atoms with van der Waals surface area (Å²) in [5.41, 5.74) is 5.65. The summed E-state index contributed by atoms with van der Waals surface area (Å²) >= 11 is 3.63. The first-order valence-electron chi connectivity index (χ1n) is 4.94. The standard InChI is InChI=1S/C9H15BrN4/c10-9(4-5-12-8(11)13-9)14-6-2-1-3-7-14/h4-5H,1-3,6-7H2,(H3,11,12,13). The molecular weight excluding hydrogens is 244 g/mol. The molecule has 0 spiro atoms. The van der Waals surface area contributed by atoms with E-state index in [0.717, 1.165) is 13.1 Å². The second-order valence-corrected chi connectivity index (χ2v) is 4.83. The summed E-state index contributed by atoms with van der Waals surface area (Å²) in [5, 5.41) is 2.87. The van der Waals surface area contributed by atoms with Gasteiger partial charge in [0.1, 0.15) is 0 Å². The topological polar surface area (TPSA) is 53.6 Å². The van der Waals surface area contributed by atoms with Crippen molar-refractivity contribution in [2.75, 3.05) is 13.1 Å². The zero-order valence-corrected chi connectivity index (χ0v) is 9.63. The minimum Gasteiger partial charge on any atom is -0.370 e. The maximum atomic E-state index is 5.65. The van der Waals surface area contributed by atoms with Gasteiger partial charge in [0.25, 0.3) is 0 Å². The highest BCUT2D eigenvalue weighted by molar-refractivity contribution is 9.10. The molecule has 0 saturated carbocycles. The smallest absolute Gasteiger partial charge is 0.195 e. The molecule has 2 heterocycles. The van der Waals surface area contributed by atoms with Crippen molar-refractivity contribution in [3.8, 4) is 0 Å². The first-order chi connectivity index (χ1) is 6.71. The van der Waals surface area contributed by atoms with Crippen molar-refractivity contribution in [2.24, 2.45) is 10.7 Å². The Kier molecular flexibility index (Phi) is 2.78. The van der Waals surface area contributed by atoms with Gasteiger partial charge in [0.2, 0.25) is 0 Å². The van der Waals surface area contributed by atoms with Crippen LogP contribution in [-0.4, -0.2) is 28.5 Å². The van der Waals surface area contributed by atoms with Gasteiger partial charge in [0.15, 0.2) is 10.5 Å². The first kappa shape index (κ1) is 9.98. The van der Waals surface area contributed by atoms with Crippen molar-refractivity contribution in [1.29, 1.82) is 0 Å². The third-order valence-corrected chi connectivity index (χ3v) is 3.55. The van der Waals surface area contributed by atoms with E-state index in [-0.39, 0.29) is 0 Å². The summed E-state index contributed by atoms with van der Waals surface area (Å²) < 4.78 is -0.414. The van der Waals surface area contributed by atoms with Crippen LogP contribution >= 0.6 is 15.9 Å². The number of aliphatic imine (C=N–C) groups is 1. The lowest BCUT2D eigenvalue weighted by Crippen LogP contribution is -2.48. The lowest BCUT2D eigenvalue weighted by molar-refractivity contribution is 0.177. The summed E-state index contributed by atoms with van der Waals surface area (Å²) in [5.74, 6) is 0.468. The summed E-state index contributed by atoms with van der Waals surface area (Å²) in [6.45, 7) is 2.15. The summed E-state index contributed by atoms with van der Waals surface area (Å²) in [4.78, 5) is 6.68. The minimum atomic E-state index is -0.414. The lowest BCUT2D eigenvalue weighted by Gasteiger charge is -2.38. The maximum Gasteiger partial charge on any atom is 0.195 e. The highest BCUT2D eigenvalue weighted by Gasteiger charge is 2.33. The number of likely N-dealkylation sites (tertiary alicyclic amines) is 1. The third-order valence-electron chi connectivity index (χ3n) is 2.60. The van der Waals surface area contributed by atoms with Crippen LogP contribution in [0, 0.1) is 0 Å². The fourth-order valence-electron chi connectivity index (χ4n) is 1.86. The minimum absolute atomic E-state index is 0.414. The Morgan fingerprint density at radius 1 is 1.43 bits per heavy atom. The van der Waals surface area contributed by atoms with E-state index in [0.29, 0.717) is 5.96 Å². The summed E-state index contributed by atoms with van der Waals surface area (Å²) in [6, 6.07) is 0. The number of hydrogen-bond donors (Lipinski definition) is 2. The van der Waals surface area contributed by atoms with E-state index in [9.17, 15) is 0 Å². The largest absolute Gasteiger partial charge is 0.370 e. The zero-order valence-electron chi connectivity index (χ0n) is 8.04. The fourth-order valence-corrected chi connectivity index (χ4v) is 2.53. The van der Waals surface area contributed by atoms with E-state index < -0.39 is 4.57 Å². The Hall–Kier alpha value is -0.550. The van der Waals surface area contributed by atoms with Gasteiger partial charge in [0, 0.05) is 19.3 Å². The van der Waals surface area contributed by atoms with E-state index in [1.165, 1.54) is 19.3 Å². The van der Waals surface area contributed by atoms with Crippen molar-refractivity contribution in [1.82, 2.24) is 10.2 Å². The van der Waals surface area contributed by atoms with Crippen LogP contribution in [0.4, 0.5) is 0 Å². The Morgan fingerprint density at radius 3 is 2.79 bits per heavy atom. The molecule has 4 nitrogen and oxygen atoms in total. The number of alkyl halides is 1. The molecule has 0 aromatic carbocycles. The van der Waals surface area contributed by atoms with Crippen LogP contribution in [0.15, 0.2) is 17.3 Å². The fraction of sp³-hybridized carbons (Fsp3) is 0.667. The molecule has 0 aromatic rings. The van der Waals surface area contributed by atoms with Crippen LogP contribution in [0.2, 0.25) is 0 Å². The molecule has 5 heteroatoms. The molecule has 1 saturated heterocycles. The molecular formula is C9H15BrN4. The molecule has 2 aliphatic rings. The predicted molar refractivity (Wildman–Crippen MR) is 61.0 cm³/mol. The van der Waals surface area contributed by atoms with E-state index in [1.807, 2.05) is 12.3 Å². The van der Waals surface area contributed by atoms with Crippen LogP contribution in [0.1, 0.15) is 19.3 Å². The predicted octanol–water partition coefficient (Wildman–Crippen LogP) is 0.953. The van der Waals surface area contributed by atoms with Crippen molar-refractivity contribution in [3.05, 3.63) is 12.3 Å². The molecule has 0 aromatic heterocycles. The molecule has 1 atom stereocenters. The van der Waals surface area contributed by atoms with Gasteiger partial charge in [0.05, 0.1) is 0 Å². The van der Waals surface area contributed by atoms with Gasteiger partial charge in [-0.1, -0.05) is 6.42 Å². The molecule has 1 unspecified atom stereocenters. The molecule has 3 N–H and O–H groups in total. The van der Waals surface area contributed by atoms with E-state index in [2.05, 4.69) is 31.1 Å². The second kappa shape index (κ2) is 3.90. The number of piperidine rings is 1. The SMILES string of the molecule is NC1=NC(Br)(N2CCCCC2)C=CN1. The molecule has 0 radical (unpaired) electrons. The van der Waals surface area contributed by atoms with Crippen LogP contribution in [0.3, 0.4) is 0 Å². The number of hydrogen-bond acceptors (Lipinski definition) is 4. The number of nitrogens with one attached hydrogen (secondary N) is 1. The Balaban J connectivity index is 2.13. The van der Waals surface area contributed by atoms with Gasteiger partial charge in [-0.25, -0.2) is 4.99 Å². The first-order valence-corrected chi connectivity index (χ1v) is 5.73. The van der Waals surface area contributed by atoms with Crippen LogP contribution in [0.25, 0.3) is 0 Å². The van der Waals surface area contributed by atoms with Gasteiger partial charge in [-0.05, 0) is 34.8 Å². The molecule has 78 valence electrons. The normalized spacial score (nSPS) is 33.6. The molecule has 2 rings (SSSR count). The van der Waals surface area contributed by atoms with Gasteiger partial charge in [-0.3, -0.25) is 4.90 Å². The molecule has 0 aliphatic carbocycles. The Morgan fingerprint density at radius 2 is 2.14 bits per heavy atom. The number of halogens is 1. The third kappa shape index (κ3) is 1.93. The van der Waals surface area contributed by atoms with Crippen molar-refractivity contribution < 1.29 is 0 Å². The van der Waals surface area contributed by atoms with Crippen LogP contribution in [0.5, 0.6) is 0 Å². The second-order valence-electron chi connectivity index (χ2n) is 3.66. The average Bonchev–Trinajstić information content (AvgIpc) is 2.19. The number of nitrogens with zero attached hydrogens (tertiary/aromatic N) is 2. The van der Waals surface area contributed by atoms with Gasteiger partial charge >= 0.3 is 0 Å². The lowest BCUT2D eigenvalue weighted by atomic mass is 10.1. The number of guanidine groups is 1. The average molecular weight is 259 g/mol. The molecule has 2 aliphatic heterocycles. The zero-order chi connectivity index (χ0) is 10.0. The van der Waals surface area contributed by atoms with Gasteiger partial charge in [-0.2, -0.15) is 0 Å². The van der Waals surface area contributed by atoms with Crippen LogP contribution < -0.4 is 11.1 Å². The van der Waals surface area contributed by atoms with Crippen molar-refractivity contribution in [3.63, 3.8) is 0 Å². The maximum absolute atomic E-state index is 5.65. The van der Waals surface area contributed by atoms with Gasteiger partial charge in [-0.15, -0.1) is 0 Å². The van der Waals surface area contributed by atoms with E-state index in [4.69, 9.17) is 5.73 Å². The Bertz CT molecular complexity index is 270. The van der Waals surface area contributed by atoms with Crippen molar-refractivity contribution >= 4 is 21.9 Å². The quantitative estimate of drug-likeness (QED) is 0.544. The van der Waals surface area contributed by atoms with Crippen molar-refractivity contribution in [2.45, 2.75) is 23.8 Å².